The number of nitrogens with two attached hydrogens (primary N) is 1. The molecule has 1 saturated heterocycles. The first-order valence-electron chi connectivity index (χ1n) is 11.6. The van der Waals surface area contributed by atoms with Gasteiger partial charge in [-0.15, -0.1) is 0 Å². The number of rotatable bonds is 9. The van der Waals surface area contributed by atoms with Crippen LogP contribution >= 0.6 is 11.6 Å². The quantitative estimate of drug-likeness (QED) is 0.544. The Morgan fingerprint density at radius 1 is 1.25 bits per heavy atom. The van der Waals surface area contributed by atoms with Crippen molar-refractivity contribution in [2.75, 3.05) is 26.2 Å². The van der Waals surface area contributed by atoms with E-state index < -0.39 is 0 Å². The zero-order valence-corrected chi connectivity index (χ0v) is 20.1. The van der Waals surface area contributed by atoms with Gasteiger partial charge < -0.3 is 16.0 Å². The maximum Gasteiger partial charge on any atom is 0.0218 e. The molecule has 3 N–H and O–H groups in total. The van der Waals surface area contributed by atoms with Crippen LogP contribution in [0.3, 0.4) is 0 Å². The summed E-state index contributed by atoms with van der Waals surface area (Å²) in [4.78, 5) is 2.70. The molecule has 2 aliphatic rings. The van der Waals surface area contributed by atoms with Crippen LogP contribution in [0.25, 0.3) is 0 Å². The van der Waals surface area contributed by atoms with Gasteiger partial charge in [-0.1, -0.05) is 59.2 Å². The average Bonchev–Trinajstić information content (AvgIpc) is 2.58. The van der Waals surface area contributed by atoms with Gasteiger partial charge in [0.15, 0.2) is 0 Å². The van der Waals surface area contributed by atoms with Gasteiger partial charge in [0.2, 0.25) is 0 Å². The first-order valence-corrected chi connectivity index (χ1v) is 12.0. The second-order valence-corrected chi connectivity index (χ2v) is 11.4. The van der Waals surface area contributed by atoms with Crippen molar-refractivity contribution >= 4 is 11.6 Å². The maximum absolute atomic E-state index is 6.32. The number of likely N-dealkylation sites (tertiary alicyclic amines) is 1. The first-order chi connectivity index (χ1) is 13.1. The molecule has 4 heteroatoms. The predicted octanol–water partition coefficient (Wildman–Crippen LogP) is 5.24. The summed E-state index contributed by atoms with van der Waals surface area (Å²) in [5, 5.41) is 4.87. The molecule has 0 saturated carbocycles. The lowest BCUT2D eigenvalue weighted by atomic mass is 9.65. The molecule has 28 heavy (non-hydrogen) atoms. The molecular formula is C24H46ClN3. The lowest BCUT2D eigenvalue weighted by molar-refractivity contribution is 0.0117. The highest BCUT2D eigenvalue weighted by Crippen LogP contribution is 2.44. The molecule has 0 radical (unpaired) electrons. The van der Waals surface area contributed by atoms with Crippen molar-refractivity contribution in [2.45, 2.75) is 85.7 Å². The number of nitrogens with one attached hydrogen (secondary N) is 1. The number of hydrogen-bond donors (Lipinski definition) is 2. The number of nitrogens with zero attached hydrogens (tertiary/aromatic N) is 1. The first kappa shape index (κ1) is 24.2. The van der Waals surface area contributed by atoms with Crippen LogP contribution in [0.1, 0.15) is 73.6 Å². The van der Waals surface area contributed by atoms with Gasteiger partial charge in [0.1, 0.15) is 0 Å². The molecule has 0 aromatic carbocycles. The molecule has 0 spiro atoms. The lowest BCUT2D eigenvalue weighted by Gasteiger charge is -2.49. The molecular weight excluding hydrogens is 366 g/mol. The molecule has 1 aliphatic heterocycles. The molecule has 2 unspecified atom stereocenters. The Morgan fingerprint density at radius 3 is 2.50 bits per heavy atom. The zero-order valence-electron chi connectivity index (χ0n) is 19.3. The summed E-state index contributed by atoms with van der Waals surface area (Å²) in [7, 11) is 0. The van der Waals surface area contributed by atoms with Gasteiger partial charge in [0, 0.05) is 36.8 Å². The second kappa shape index (κ2) is 10.8. The van der Waals surface area contributed by atoms with E-state index in [9.17, 15) is 0 Å². The van der Waals surface area contributed by atoms with Crippen LogP contribution in [0.5, 0.6) is 0 Å². The lowest BCUT2D eigenvalue weighted by Crippen LogP contribution is -2.54. The van der Waals surface area contributed by atoms with Crippen molar-refractivity contribution in [1.29, 1.82) is 0 Å². The highest BCUT2D eigenvalue weighted by molar-refractivity contribution is 6.29. The Bertz CT molecular complexity index is 500. The molecule has 0 amide bonds. The minimum atomic E-state index is 0.259. The summed E-state index contributed by atoms with van der Waals surface area (Å²) < 4.78 is 0. The van der Waals surface area contributed by atoms with E-state index in [1.807, 2.05) is 0 Å². The van der Waals surface area contributed by atoms with Gasteiger partial charge in [0.05, 0.1) is 0 Å². The third kappa shape index (κ3) is 7.31. The molecule has 1 heterocycles. The SMILES string of the molecule is CC(C)C[C@H](N)CN[C@@H](CN1CCC(C2CC=C(Cl)CC2)C(C)(C)C1)C(C)C. The van der Waals surface area contributed by atoms with Crippen LogP contribution in [0, 0.1) is 29.1 Å². The molecule has 2 rings (SSSR count). The van der Waals surface area contributed by atoms with E-state index in [0.717, 1.165) is 42.8 Å². The summed E-state index contributed by atoms with van der Waals surface area (Å²) in [6, 6.07) is 0.775. The standard InChI is InChI=1S/C24H46ClN3/c1-17(2)13-21(26)14-27-23(18(3)4)15-28-12-11-22(24(5,6)16-28)19-7-9-20(25)10-8-19/h9,17-19,21-23,27H,7-8,10-16,26H2,1-6H3/t19?,21-,22?,23-/m0/s1. The fourth-order valence-corrected chi connectivity index (χ4v) is 5.68. The summed E-state index contributed by atoms with van der Waals surface area (Å²) in [5.41, 5.74) is 6.69. The van der Waals surface area contributed by atoms with E-state index in [2.05, 4.69) is 57.8 Å². The Balaban J connectivity index is 1.88. The van der Waals surface area contributed by atoms with Crippen molar-refractivity contribution in [1.82, 2.24) is 10.2 Å². The summed E-state index contributed by atoms with van der Waals surface area (Å²) in [5.74, 6) is 2.92. The van der Waals surface area contributed by atoms with Crippen LogP contribution in [-0.4, -0.2) is 43.2 Å². The van der Waals surface area contributed by atoms with Crippen LogP contribution < -0.4 is 11.1 Å². The molecule has 3 nitrogen and oxygen atoms in total. The average molecular weight is 412 g/mol. The molecule has 1 aliphatic carbocycles. The van der Waals surface area contributed by atoms with E-state index in [0.29, 0.717) is 23.3 Å². The smallest absolute Gasteiger partial charge is 0.0218 e. The Labute approximate surface area is 179 Å². The topological polar surface area (TPSA) is 41.3 Å². The van der Waals surface area contributed by atoms with E-state index in [-0.39, 0.29) is 6.04 Å². The van der Waals surface area contributed by atoms with E-state index >= 15 is 0 Å². The molecule has 0 aromatic rings. The van der Waals surface area contributed by atoms with Gasteiger partial charge in [-0.3, -0.25) is 0 Å². The minimum absolute atomic E-state index is 0.259. The van der Waals surface area contributed by atoms with Crippen LogP contribution in [0.15, 0.2) is 11.1 Å². The number of allylic oxidation sites excluding steroid dienone is 2. The monoisotopic (exact) mass is 411 g/mol. The van der Waals surface area contributed by atoms with Gasteiger partial charge in [-0.25, -0.2) is 0 Å². The van der Waals surface area contributed by atoms with Crippen molar-refractivity contribution < 1.29 is 0 Å². The van der Waals surface area contributed by atoms with Gasteiger partial charge in [-0.2, -0.15) is 0 Å². The van der Waals surface area contributed by atoms with E-state index in [4.69, 9.17) is 17.3 Å². The normalized spacial score (nSPS) is 28.4. The van der Waals surface area contributed by atoms with Crippen molar-refractivity contribution in [3.8, 4) is 0 Å². The van der Waals surface area contributed by atoms with E-state index in [1.54, 1.807) is 0 Å². The van der Waals surface area contributed by atoms with E-state index in [1.165, 1.54) is 32.4 Å². The summed E-state index contributed by atoms with van der Waals surface area (Å²) in [6.45, 7) is 18.6. The Morgan fingerprint density at radius 2 is 1.96 bits per heavy atom. The van der Waals surface area contributed by atoms with Gasteiger partial charge in [-0.05, 0) is 67.7 Å². The largest absolute Gasteiger partial charge is 0.327 e. The second-order valence-electron chi connectivity index (χ2n) is 11.0. The molecule has 4 atom stereocenters. The van der Waals surface area contributed by atoms with Gasteiger partial charge >= 0.3 is 0 Å². The number of hydrogen-bond acceptors (Lipinski definition) is 3. The zero-order chi connectivity index (χ0) is 20.9. The third-order valence-corrected chi connectivity index (χ3v) is 7.38. The van der Waals surface area contributed by atoms with Crippen LogP contribution in [-0.2, 0) is 0 Å². The maximum atomic E-state index is 6.32. The Hall–Kier alpha value is -0.0900. The highest BCUT2D eigenvalue weighted by Gasteiger charge is 2.40. The molecule has 164 valence electrons. The molecule has 1 fully saturated rings. The number of piperidine rings is 1. The van der Waals surface area contributed by atoms with Crippen molar-refractivity contribution in [3.63, 3.8) is 0 Å². The minimum Gasteiger partial charge on any atom is -0.327 e. The highest BCUT2D eigenvalue weighted by atomic mass is 35.5. The predicted molar refractivity (Wildman–Crippen MR) is 124 cm³/mol. The fraction of sp³-hybridized carbons (Fsp3) is 0.917. The van der Waals surface area contributed by atoms with Crippen molar-refractivity contribution in [3.05, 3.63) is 11.1 Å². The van der Waals surface area contributed by atoms with Crippen molar-refractivity contribution in [2.24, 2.45) is 34.8 Å². The number of halogens is 1. The Kier molecular flexibility index (Phi) is 9.32. The molecule has 0 bridgehead atoms. The summed E-state index contributed by atoms with van der Waals surface area (Å²) >= 11 is 6.22. The third-order valence-electron chi connectivity index (χ3n) is 7.03. The van der Waals surface area contributed by atoms with Crippen LogP contribution in [0.4, 0.5) is 0 Å². The fourth-order valence-electron chi connectivity index (χ4n) is 5.48. The van der Waals surface area contributed by atoms with Crippen LogP contribution in [0.2, 0.25) is 0 Å². The summed E-state index contributed by atoms with van der Waals surface area (Å²) in [6.07, 6.45) is 8.22. The molecule has 0 aromatic heterocycles. The van der Waals surface area contributed by atoms with Gasteiger partial charge in [0.25, 0.3) is 0 Å².